The Kier molecular flexibility index (Phi) is 3.13. The molecule has 82 valence electrons. The minimum Gasteiger partial charge on any atom is -0.378 e. The zero-order chi connectivity index (χ0) is 10.0. The fourth-order valence-electron chi connectivity index (χ4n) is 2.64. The first-order valence-corrected chi connectivity index (χ1v) is 6.19. The second-order valence-electron chi connectivity index (χ2n) is 4.80. The van der Waals surface area contributed by atoms with Gasteiger partial charge in [-0.15, -0.1) is 0 Å². The Labute approximate surface area is 87.4 Å². The molecule has 2 aliphatic rings. The number of hydrogen-bond donors (Lipinski definition) is 1. The third-order valence-electron chi connectivity index (χ3n) is 3.96. The normalized spacial score (nSPS) is 40.7. The summed E-state index contributed by atoms with van der Waals surface area (Å²) in [7, 11) is 0. The van der Waals surface area contributed by atoms with Gasteiger partial charge in [-0.3, -0.25) is 0 Å². The standard InChI is InChI=1S/C12H23NO/c1-3-5-7-13-12(4-2)9-10(12)11-6-8-14-11/h10-11,13H,3-9H2,1-2H3. The van der Waals surface area contributed by atoms with Crippen molar-refractivity contribution >= 4 is 0 Å². The predicted octanol–water partition coefficient (Wildman–Crippen LogP) is 2.33. The fraction of sp³-hybridized carbons (Fsp3) is 1.00. The maximum absolute atomic E-state index is 5.58. The van der Waals surface area contributed by atoms with Crippen molar-refractivity contribution < 1.29 is 4.74 Å². The van der Waals surface area contributed by atoms with Crippen molar-refractivity contribution in [1.82, 2.24) is 5.32 Å². The van der Waals surface area contributed by atoms with Crippen LogP contribution in [0.4, 0.5) is 0 Å². The van der Waals surface area contributed by atoms with Crippen LogP contribution in [0.3, 0.4) is 0 Å². The number of nitrogens with one attached hydrogen (secondary N) is 1. The van der Waals surface area contributed by atoms with E-state index < -0.39 is 0 Å². The smallest absolute Gasteiger partial charge is 0.0643 e. The van der Waals surface area contributed by atoms with Crippen molar-refractivity contribution in [3.8, 4) is 0 Å². The van der Waals surface area contributed by atoms with Crippen LogP contribution in [-0.2, 0) is 4.74 Å². The summed E-state index contributed by atoms with van der Waals surface area (Å²) in [6.45, 7) is 6.74. The Morgan fingerprint density at radius 1 is 1.43 bits per heavy atom. The maximum atomic E-state index is 5.58. The molecular weight excluding hydrogens is 174 g/mol. The summed E-state index contributed by atoms with van der Waals surface area (Å²) >= 11 is 0. The largest absolute Gasteiger partial charge is 0.378 e. The first kappa shape index (κ1) is 10.4. The van der Waals surface area contributed by atoms with Gasteiger partial charge in [0.05, 0.1) is 6.10 Å². The highest BCUT2D eigenvalue weighted by molar-refractivity contribution is 5.13. The SMILES string of the molecule is CCCCNC1(CC)CC1C1CCO1. The monoisotopic (exact) mass is 197 g/mol. The van der Waals surface area contributed by atoms with Crippen LogP contribution in [0.25, 0.3) is 0 Å². The van der Waals surface area contributed by atoms with Crippen LogP contribution in [0.15, 0.2) is 0 Å². The average molecular weight is 197 g/mol. The minimum absolute atomic E-state index is 0.459. The van der Waals surface area contributed by atoms with Crippen molar-refractivity contribution in [1.29, 1.82) is 0 Å². The zero-order valence-corrected chi connectivity index (χ0v) is 9.51. The molecule has 2 rings (SSSR count). The molecule has 0 bridgehead atoms. The van der Waals surface area contributed by atoms with Gasteiger partial charge >= 0.3 is 0 Å². The van der Waals surface area contributed by atoms with E-state index >= 15 is 0 Å². The topological polar surface area (TPSA) is 21.3 Å². The quantitative estimate of drug-likeness (QED) is 0.660. The van der Waals surface area contributed by atoms with E-state index in [1.807, 2.05) is 0 Å². The number of hydrogen-bond acceptors (Lipinski definition) is 2. The second kappa shape index (κ2) is 4.19. The number of rotatable bonds is 6. The Hall–Kier alpha value is -0.0800. The highest BCUT2D eigenvalue weighted by atomic mass is 16.5. The maximum Gasteiger partial charge on any atom is 0.0643 e. The first-order chi connectivity index (χ1) is 6.82. The lowest BCUT2D eigenvalue weighted by atomic mass is 10.0. The zero-order valence-electron chi connectivity index (χ0n) is 9.51. The number of ether oxygens (including phenoxy) is 1. The molecule has 0 radical (unpaired) electrons. The van der Waals surface area contributed by atoms with Gasteiger partial charge in [0.15, 0.2) is 0 Å². The van der Waals surface area contributed by atoms with Crippen molar-refractivity contribution in [2.75, 3.05) is 13.2 Å². The molecule has 0 aromatic heterocycles. The Bertz CT molecular complexity index is 191. The van der Waals surface area contributed by atoms with Crippen molar-refractivity contribution in [2.24, 2.45) is 5.92 Å². The van der Waals surface area contributed by atoms with E-state index in [0.29, 0.717) is 11.6 Å². The summed E-state index contributed by atoms with van der Waals surface area (Å²) < 4.78 is 5.58. The lowest BCUT2D eigenvalue weighted by Crippen LogP contribution is -2.40. The molecule has 0 spiro atoms. The molecule has 1 heterocycles. The van der Waals surface area contributed by atoms with Gasteiger partial charge in [0.2, 0.25) is 0 Å². The average Bonchev–Trinajstić information content (AvgIpc) is 2.78. The summed E-state index contributed by atoms with van der Waals surface area (Å²) in [5.41, 5.74) is 0.459. The van der Waals surface area contributed by atoms with Crippen LogP contribution in [-0.4, -0.2) is 24.8 Å². The minimum atomic E-state index is 0.459. The Morgan fingerprint density at radius 2 is 2.21 bits per heavy atom. The van der Waals surface area contributed by atoms with Gasteiger partial charge in [0, 0.05) is 18.1 Å². The summed E-state index contributed by atoms with van der Waals surface area (Å²) in [6.07, 6.45) is 7.09. The third kappa shape index (κ3) is 1.82. The van der Waals surface area contributed by atoms with Crippen LogP contribution >= 0.6 is 0 Å². The molecule has 2 heteroatoms. The van der Waals surface area contributed by atoms with E-state index in [1.165, 1.54) is 38.6 Å². The van der Waals surface area contributed by atoms with Gasteiger partial charge in [-0.05, 0) is 32.2 Å². The van der Waals surface area contributed by atoms with Crippen LogP contribution in [0.2, 0.25) is 0 Å². The number of unbranched alkanes of at least 4 members (excludes halogenated alkanes) is 1. The van der Waals surface area contributed by atoms with E-state index in [9.17, 15) is 0 Å². The van der Waals surface area contributed by atoms with Gasteiger partial charge < -0.3 is 10.1 Å². The summed E-state index contributed by atoms with van der Waals surface area (Å²) in [5, 5.41) is 3.74. The molecule has 0 amide bonds. The van der Waals surface area contributed by atoms with Crippen LogP contribution in [0.1, 0.15) is 46.0 Å². The van der Waals surface area contributed by atoms with Gasteiger partial charge in [0.1, 0.15) is 0 Å². The molecule has 1 saturated carbocycles. The summed E-state index contributed by atoms with van der Waals surface area (Å²) in [4.78, 5) is 0. The molecule has 1 aliphatic carbocycles. The molecule has 2 fully saturated rings. The van der Waals surface area contributed by atoms with Crippen LogP contribution in [0, 0.1) is 5.92 Å². The van der Waals surface area contributed by atoms with Crippen molar-refractivity contribution in [3.63, 3.8) is 0 Å². The Morgan fingerprint density at radius 3 is 2.71 bits per heavy atom. The first-order valence-electron chi connectivity index (χ1n) is 6.19. The van der Waals surface area contributed by atoms with Crippen molar-refractivity contribution in [3.05, 3.63) is 0 Å². The molecule has 1 aliphatic heterocycles. The second-order valence-corrected chi connectivity index (χ2v) is 4.80. The van der Waals surface area contributed by atoms with Crippen molar-refractivity contribution in [2.45, 2.75) is 57.6 Å². The van der Waals surface area contributed by atoms with Crippen LogP contribution in [0.5, 0.6) is 0 Å². The van der Waals surface area contributed by atoms with E-state index in [4.69, 9.17) is 4.74 Å². The van der Waals surface area contributed by atoms with Gasteiger partial charge in [-0.2, -0.15) is 0 Å². The molecule has 1 saturated heterocycles. The Balaban J connectivity index is 1.75. The highest BCUT2D eigenvalue weighted by Crippen LogP contribution is 2.51. The molecule has 0 aromatic rings. The molecule has 2 nitrogen and oxygen atoms in total. The molecular formula is C12H23NO. The van der Waals surface area contributed by atoms with E-state index in [1.54, 1.807) is 0 Å². The highest BCUT2D eigenvalue weighted by Gasteiger charge is 2.57. The van der Waals surface area contributed by atoms with E-state index in [2.05, 4.69) is 19.2 Å². The molecule has 14 heavy (non-hydrogen) atoms. The lowest BCUT2D eigenvalue weighted by molar-refractivity contribution is -0.0685. The molecule has 1 N–H and O–H groups in total. The van der Waals surface area contributed by atoms with Crippen LogP contribution < -0.4 is 5.32 Å². The third-order valence-corrected chi connectivity index (χ3v) is 3.96. The summed E-state index contributed by atoms with van der Waals surface area (Å²) in [6, 6.07) is 0. The van der Waals surface area contributed by atoms with E-state index in [-0.39, 0.29) is 0 Å². The fourth-order valence-corrected chi connectivity index (χ4v) is 2.64. The lowest BCUT2D eigenvalue weighted by Gasteiger charge is -2.29. The van der Waals surface area contributed by atoms with Gasteiger partial charge in [-0.25, -0.2) is 0 Å². The predicted molar refractivity (Wildman–Crippen MR) is 58.4 cm³/mol. The summed E-state index contributed by atoms with van der Waals surface area (Å²) in [5.74, 6) is 0.818. The van der Waals surface area contributed by atoms with Gasteiger partial charge in [0.25, 0.3) is 0 Å². The molecule has 3 atom stereocenters. The molecule has 3 unspecified atom stereocenters. The van der Waals surface area contributed by atoms with E-state index in [0.717, 1.165) is 12.5 Å². The van der Waals surface area contributed by atoms with Gasteiger partial charge in [-0.1, -0.05) is 20.3 Å². The molecule has 0 aromatic carbocycles.